The third kappa shape index (κ3) is 2.30. The Morgan fingerprint density at radius 1 is 1.53 bits per heavy atom. The molecular formula is C11H12ClNO3S. The van der Waals surface area contributed by atoms with Crippen LogP contribution in [0.15, 0.2) is 12.1 Å². The smallest absolute Gasteiger partial charge is 0.319 e. The van der Waals surface area contributed by atoms with Crippen LogP contribution in [0.4, 0.5) is 0 Å². The van der Waals surface area contributed by atoms with Crippen LogP contribution in [0.25, 0.3) is 0 Å². The highest BCUT2D eigenvalue weighted by Crippen LogP contribution is 2.46. The van der Waals surface area contributed by atoms with Crippen LogP contribution in [0, 0.1) is 5.41 Å². The average Bonchev–Trinajstić information content (AvgIpc) is 2.96. The van der Waals surface area contributed by atoms with Gasteiger partial charge in [-0.2, -0.15) is 0 Å². The highest BCUT2D eigenvalue weighted by atomic mass is 35.5. The number of thiophene rings is 1. The summed E-state index contributed by atoms with van der Waals surface area (Å²) in [7, 11) is 0. The summed E-state index contributed by atoms with van der Waals surface area (Å²) in [6.07, 6.45) is 0.845. The second-order valence-corrected chi connectivity index (χ2v) is 5.97. The van der Waals surface area contributed by atoms with Crippen LogP contribution >= 0.6 is 22.9 Å². The van der Waals surface area contributed by atoms with Crippen molar-refractivity contribution in [3.8, 4) is 0 Å². The Hall–Kier alpha value is -1.07. The molecule has 1 aliphatic rings. The van der Waals surface area contributed by atoms with E-state index < -0.39 is 17.3 Å². The van der Waals surface area contributed by atoms with Crippen molar-refractivity contribution < 1.29 is 14.7 Å². The number of carbonyl (C=O) groups excluding carboxylic acids is 1. The molecule has 2 N–H and O–H groups in total. The first kappa shape index (κ1) is 12.4. The summed E-state index contributed by atoms with van der Waals surface area (Å²) in [5, 5.41) is 11.7. The molecule has 1 unspecified atom stereocenters. The van der Waals surface area contributed by atoms with Gasteiger partial charge in [-0.1, -0.05) is 11.6 Å². The van der Waals surface area contributed by atoms with Gasteiger partial charge in [-0.3, -0.25) is 9.59 Å². The lowest BCUT2D eigenvalue weighted by atomic mass is 10.1. The number of hydrogen-bond acceptors (Lipinski definition) is 3. The predicted octanol–water partition coefficient (Wildman–Crippen LogP) is 2.44. The summed E-state index contributed by atoms with van der Waals surface area (Å²) in [6, 6.07) is 3.38. The van der Waals surface area contributed by atoms with Gasteiger partial charge in [0.2, 0.25) is 5.91 Å². The zero-order valence-corrected chi connectivity index (χ0v) is 10.8. The van der Waals surface area contributed by atoms with Gasteiger partial charge in [0.15, 0.2) is 0 Å². The first-order chi connectivity index (χ1) is 7.95. The van der Waals surface area contributed by atoms with Crippen molar-refractivity contribution in [2.24, 2.45) is 5.41 Å². The molecule has 1 saturated carbocycles. The number of rotatable bonds is 4. The molecule has 1 aromatic rings. The van der Waals surface area contributed by atoms with Gasteiger partial charge in [0.05, 0.1) is 10.4 Å². The molecule has 1 heterocycles. The number of halogens is 1. The van der Waals surface area contributed by atoms with Crippen LogP contribution in [-0.4, -0.2) is 17.0 Å². The Labute approximate surface area is 108 Å². The van der Waals surface area contributed by atoms with E-state index in [1.807, 2.05) is 13.0 Å². The van der Waals surface area contributed by atoms with Gasteiger partial charge in [0.25, 0.3) is 0 Å². The Morgan fingerprint density at radius 3 is 2.59 bits per heavy atom. The van der Waals surface area contributed by atoms with Crippen molar-refractivity contribution in [1.29, 1.82) is 0 Å². The molecule has 1 aromatic heterocycles. The van der Waals surface area contributed by atoms with Crippen molar-refractivity contribution in [3.63, 3.8) is 0 Å². The fraction of sp³-hybridized carbons (Fsp3) is 0.455. The average molecular weight is 274 g/mol. The van der Waals surface area contributed by atoms with Crippen molar-refractivity contribution >= 4 is 34.8 Å². The summed E-state index contributed by atoms with van der Waals surface area (Å²) in [4.78, 5) is 23.7. The molecule has 1 amide bonds. The van der Waals surface area contributed by atoms with Gasteiger partial charge in [-0.05, 0) is 31.9 Å². The number of amides is 1. The van der Waals surface area contributed by atoms with E-state index in [9.17, 15) is 9.59 Å². The van der Waals surface area contributed by atoms with Gasteiger partial charge < -0.3 is 10.4 Å². The number of carbonyl (C=O) groups is 2. The molecule has 1 aliphatic carbocycles. The number of carboxylic acids is 1. The molecule has 0 saturated heterocycles. The third-order valence-electron chi connectivity index (χ3n) is 2.96. The van der Waals surface area contributed by atoms with Crippen LogP contribution in [0.2, 0.25) is 4.34 Å². The minimum Gasteiger partial charge on any atom is -0.480 e. The molecule has 92 valence electrons. The van der Waals surface area contributed by atoms with Crippen molar-refractivity contribution in [2.75, 3.05) is 0 Å². The number of hydrogen-bond donors (Lipinski definition) is 2. The first-order valence-electron chi connectivity index (χ1n) is 5.25. The third-order valence-corrected chi connectivity index (χ3v) is 4.38. The molecule has 4 nitrogen and oxygen atoms in total. The summed E-state index contributed by atoms with van der Waals surface area (Å²) >= 11 is 7.19. The molecule has 6 heteroatoms. The maximum atomic E-state index is 11.8. The summed E-state index contributed by atoms with van der Waals surface area (Å²) < 4.78 is 0.653. The first-order valence-corrected chi connectivity index (χ1v) is 6.45. The summed E-state index contributed by atoms with van der Waals surface area (Å²) in [5.74, 6) is -1.44. The van der Waals surface area contributed by atoms with Gasteiger partial charge in [-0.25, -0.2) is 0 Å². The summed E-state index contributed by atoms with van der Waals surface area (Å²) in [6.45, 7) is 1.82. The van der Waals surface area contributed by atoms with E-state index in [4.69, 9.17) is 16.7 Å². The van der Waals surface area contributed by atoms with E-state index >= 15 is 0 Å². The molecule has 1 fully saturated rings. The molecular weight excluding hydrogens is 262 g/mol. The topological polar surface area (TPSA) is 66.4 Å². The molecule has 0 spiro atoms. The zero-order chi connectivity index (χ0) is 12.6. The second kappa shape index (κ2) is 4.31. The van der Waals surface area contributed by atoms with E-state index in [0.29, 0.717) is 17.2 Å². The molecule has 0 aromatic carbocycles. The van der Waals surface area contributed by atoms with Crippen LogP contribution in [0.5, 0.6) is 0 Å². The van der Waals surface area contributed by atoms with E-state index in [0.717, 1.165) is 4.88 Å². The van der Waals surface area contributed by atoms with Gasteiger partial charge in [0, 0.05) is 4.88 Å². The molecule has 0 bridgehead atoms. The minimum absolute atomic E-state index is 0.211. The maximum Gasteiger partial charge on any atom is 0.319 e. The van der Waals surface area contributed by atoms with Crippen molar-refractivity contribution in [1.82, 2.24) is 5.32 Å². The van der Waals surface area contributed by atoms with E-state index in [1.54, 1.807) is 6.07 Å². The fourth-order valence-corrected chi connectivity index (χ4v) is 2.69. The highest BCUT2D eigenvalue weighted by molar-refractivity contribution is 7.16. The van der Waals surface area contributed by atoms with Gasteiger partial charge >= 0.3 is 5.97 Å². The molecule has 0 radical (unpaired) electrons. The standard InChI is InChI=1S/C11H12ClNO3S/c1-6(7-2-3-8(12)17-7)13-9(14)11(4-5-11)10(15)16/h2-3,6H,4-5H2,1H3,(H,13,14)(H,15,16). The van der Waals surface area contributed by atoms with Crippen molar-refractivity contribution in [3.05, 3.63) is 21.3 Å². The van der Waals surface area contributed by atoms with Crippen LogP contribution < -0.4 is 5.32 Å². The number of aliphatic carboxylic acids is 1. The monoisotopic (exact) mass is 273 g/mol. The Morgan fingerprint density at radius 2 is 2.18 bits per heavy atom. The van der Waals surface area contributed by atoms with Crippen LogP contribution in [0.1, 0.15) is 30.7 Å². The SMILES string of the molecule is CC(NC(=O)C1(C(=O)O)CC1)c1ccc(Cl)s1. The normalized spacial score (nSPS) is 18.5. The fourth-order valence-electron chi connectivity index (χ4n) is 1.63. The van der Waals surface area contributed by atoms with Crippen molar-refractivity contribution in [2.45, 2.75) is 25.8 Å². The second-order valence-electron chi connectivity index (χ2n) is 4.22. The summed E-state index contributed by atoms with van der Waals surface area (Å²) in [5.41, 5.74) is -1.19. The largest absolute Gasteiger partial charge is 0.480 e. The van der Waals surface area contributed by atoms with Gasteiger partial charge in [-0.15, -0.1) is 11.3 Å². The quantitative estimate of drug-likeness (QED) is 0.828. The Balaban J connectivity index is 2.02. The highest BCUT2D eigenvalue weighted by Gasteiger charge is 2.57. The molecule has 2 rings (SSSR count). The van der Waals surface area contributed by atoms with Crippen LogP contribution in [-0.2, 0) is 9.59 Å². The molecule has 1 atom stereocenters. The van der Waals surface area contributed by atoms with E-state index in [-0.39, 0.29) is 6.04 Å². The Kier molecular flexibility index (Phi) is 3.14. The number of nitrogens with one attached hydrogen (secondary N) is 1. The number of carboxylic acid groups (broad SMARTS) is 1. The lowest BCUT2D eigenvalue weighted by Crippen LogP contribution is -2.38. The predicted molar refractivity (Wildman–Crippen MR) is 65.2 cm³/mol. The zero-order valence-electron chi connectivity index (χ0n) is 9.20. The lowest BCUT2D eigenvalue weighted by molar-refractivity contribution is -0.149. The minimum atomic E-state index is -1.19. The van der Waals surface area contributed by atoms with Crippen LogP contribution in [0.3, 0.4) is 0 Å². The van der Waals surface area contributed by atoms with Gasteiger partial charge in [0.1, 0.15) is 5.41 Å². The van der Waals surface area contributed by atoms with E-state index in [2.05, 4.69) is 5.32 Å². The lowest BCUT2D eigenvalue weighted by Gasteiger charge is -2.15. The molecule has 17 heavy (non-hydrogen) atoms. The Bertz CT molecular complexity index is 467. The van der Waals surface area contributed by atoms with E-state index in [1.165, 1.54) is 11.3 Å². The maximum absolute atomic E-state index is 11.8. The molecule has 0 aliphatic heterocycles.